The van der Waals surface area contributed by atoms with Gasteiger partial charge in [0, 0.05) is 26.6 Å². The van der Waals surface area contributed by atoms with Crippen molar-refractivity contribution in [2.75, 3.05) is 20.1 Å². The number of alkyl halides is 6. The number of aryl methyl sites for hydroxylation is 1. The summed E-state index contributed by atoms with van der Waals surface area (Å²) in [4.78, 5) is 28.0. The van der Waals surface area contributed by atoms with Gasteiger partial charge >= 0.3 is 18.4 Å². The number of benzene rings is 2. The molecule has 1 N–H and O–H groups in total. The third-order valence-electron chi connectivity index (χ3n) is 7.96. The molecule has 0 aliphatic carbocycles. The molecule has 2 aromatic carbocycles. The Kier molecular flexibility index (Phi) is 10.5. The van der Waals surface area contributed by atoms with E-state index >= 15 is 0 Å². The van der Waals surface area contributed by atoms with Gasteiger partial charge in [0.25, 0.3) is 0 Å². The molecule has 0 saturated carbocycles. The summed E-state index contributed by atoms with van der Waals surface area (Å²) in [5.74, 6) is -0.304. The fourth-order valence-corrected chi connectivity index (χ4v) is 5.39. The molecule has 12 heteroatoms. The Morgan fingerprint density at radius 1 is 1.05 bits per heavy atom. The Morgan fingerprint density at radius 3 is 2.21 bits per heavy atom. The summed E-state index contributed by atoms with van der Waals surface area (Å²) in [6, 6.07) is 3.42. The van der Waals surface area contributed by atoms with E-state index in [2.05, 4.69) is 5.32 Å². The monoisotopic (exact) mass is 603 g/mol. The second kappa shape index (κ2) is 13.3. The number of rotatable bonds is 8. The Hall–Kier alpha value is -3.31. The molecule has 1 heterocycles. The number of amides is 3. The number of nitrogens with zero attached hydrogens (tertiary/aromatic N) is 2. The lowest BCUT2D eigenvalue weighted by Gasteiger charge is -2.43. The highest BCUT2D eigenvalue weighted by atomic mass is 19.4. The number of likely N-dealkylation sites (tertiary alicyclic amines) is 1. The van der Waals surface area contributed by atoms with Crippen molar-refractivity contribution < 1.29 is 40.3 Å². The van der Waals surface area contributed by atoms with E-state index in [0.29, 0.717) is 55.6 Å². The van der Waals surface area contributed by atoms with Crippen LogP contribution in [0.25, 0.3) is 0 Å². The maximum Gasteiger partial charge on any atom is 0.416 e. The average Bonchev–Trinajstić information content (AvgIpc) is 2.92. The van der Waals surface area contributed by atoms with Crippen LogP contribution in [-0.2, 0) is 17.1 Å². The Bertz CT molecular complexity index is 1230. The molecule has 0 aromatic heterocycles. The molecule has 0 spiro atoms. The van der Waals surface area contributed by atoms with Crippen molar-refractivity contribution in [1.82, 2.24) is 15.1 Å². The van der Waals surface area contributed by atoms with Crippen LogP contribution in [-0.4, -0.2) is 41.9 Å². The Balaban J connectivity index is 1.87. The topological polar surface area (TPSA) is 52.7 Å². The van der Waals surface area contributed by atoms with E-state index in [1.54, 1.807) is 24.8 Å². The van der Waals surface area contributed by atoms with Gasteiger partial charge in [-0.15, -0.1) is 0 Å². The third-order valence-corrected chi connectivity index (χ3v) is 7.96. The van der Waals surface area contributed by atoms with Crippen molar-refractivity contribution in [3.8, 4) is 0 Å². The van der Waals surface area contributed by atoms with Crippen LogP contribution in [0.3, 0.4) is 0 Å². The van der Waals surface area contributed by atoms with Gasteiger partial charge in [-0.3, -0.25) is 4.79 Å². The lowest BCUT2D eigenvalue weighted by atomic mass is 9.83. The summed E-state index contributed by atoms with van der Waals surface area (Å²) < 4.78 is 94.7. The molecule has 0 radical (unpaired) electrons. The van der Waals surface area contributed by atoms with Crippen LogP contribution in [0.2, 0.25) is 0 Å². The normalized spacial score (nSPS) is 18.5. The highest BCUT2D eigenvalue weighted by molar-refractivity contribution is 5.76. The molecule has 232 valence electrons. The molecule has 3 amide bonds. The summed E-state index contributed by atoms with van der Waals surface area (Å²) in [6.07, 6.45) is -6.98. The minimum absolute atomic E-state index is 0.0458. The first-order valence-electron chi connectivity index (χ1n) is 13.9. The molecular weight excluding hydrogens is 567 g/mol. The van der Waals surface area contributed by atoms with E-state index in [4.69, 9.17) is 0 Å². The van der Waals surface area contributed by atoms with E-state index in [0.717, 1.165) is 17.7 Å². The first-order valence-corrected chi connectivity index (χ1v) is 13.9. The van der Waals surface area contributed by atoms with Gasteiger partial charge in [-0.1, -0.05) is 13.0 Å². The van der Waals surface area contributed by atoms with Crippen molar-refractivity contribution >= 4 is 11.9 Å². The minimum atomic E-state index is -5.01. The second-order valence-corrected chi connectivity index (χ2v) is 10.9. The molecule has 3 atom stereocenters. The van der Waals surface area contributed by atoms with Crippen LogP contribution in [0.4, 0.5) is 35.5 Å². The van der Waals surface area contributed by atoms with Crippen LogP contribution in [0, 0.1) is 18.7 Å². The van der Waals surface area contributed by atoms with Crippen molar-refractivity contribution in [2.24, 2.45) is 5.92 Å². The molecule has 42 heavy (non-hydrogen) atoms. The van der Waals surface area contributed by atoms with E-state index < -0.39 is 47.4 Å². The zero-order valence-electron chi connectivity index (χ0n) is 24.0. The van der Waals surface area contributed by atoms with E-state index in [1.165, 1.54) is 26.1 Å². The van der Waals surface area contributed by atoms with Gasteiger partial charge < -0.3 is 15.1 Å². The lowest BCUT2D eigenvalue weighted by Crippen LogP contribution is -2.47. The molecule has 0 bridgehead atoms. The predicted molar refractivity (Wildman–Crippen MR) is 144 cm³/mol. The summed E-state index contributed by atoms with van der Waals surface area (Å²) in [5, 5.41) is 2.83. The number of piperidine rings is 1. The number of halogens is 7. The average molecular weight is 604 g/mol. The molecule has 1 aliphatic heterocycles. The SMILES string of the molecule is CCC(=O)NCCCC1CCN(C(=O)N(C)[C@H](C)c2cc(C(F)(F)F)cc(C(F)(F)F)c2)[C@@H](c2ccc(F)cc2C)C1. The molecule has 5 nitrogen and oxygen atoms in total. The molecule has 2 aromatic rings. The van der Waals surface area contributed by atoms with E-state index in [1.807, 2.05) is 0 Å². The van der Waals surface area contributed by atoms with Crippen LogP contribution >= 0.6 is 0 Å². The minimum Gasteiger partial charge on any atom is -0.356 e. The summed E-state index contributed by atoms with van der Waals surface area (Å²) in [7, 11) is 1.34. The first kappa shape index (κ1) is 33.2. The van der Waals surface area contributed by atoms with Gasteiger partial charge in [0.05, 0.1) is 23.2 Å². The molecule has 1 saturated heterocycles. The second-order valence-electron chi connectivity index (χ2n) is 10.9. The van der Waals surface area contributed by atoms with Crippen LogP contribution in [0.5, 0.6) is 0 Å². The fraction of sp³-hybridized carbons (Fsp3) is 0.533. The summed E-state index contributed by atoms with van der Waals surface area (Å²) >= 11 is 0. The largest absolute Gasteiger partial charge is 0.416 e. The first-order chi connectivity index (χ1) is 19.5. The Morgan fingerprint density at radius 2 is 1.67 bits per heavy atom. The summed E-state index contributed by atoms with van der Waals surface area (Å²) in [5.41, 5.74) is -1.86. The van der Waals surface area contributed by atoms with Crippen LogP contribution < -0.4 is 5.32 Å². The Labute approximate surface area is 241 Å². The van der Waals surface area contributed by atoms with Gasteiger partial charge in [0.1, 0.15) is 5.82 Å². The smallest absolute Gasteiger partial charge is 0.356 e. The number of carbonyl (C=O) groups is 2. The van der Waals surface area contributed by atoms with Crippen molar-refractivity contribution in [1.29, 1.82) is 0 Å². The van der Waals surface area contributed by atoms with Gasteiger partial charge in [-0.2, -0.15) is 26.3 Å². The number of hydrogen-bond donors (Lipinski definition) is 1. The molecule has 1 aliphatic rings. The van der Waals surface area contributed by atoms with E-state index in [-0.39, 0.29) is 23.5 Å². The third kappa shape index (κ3) is 8.16. The molecule has 3 rings (SSSR count). The van der Waals surface area contributed by atoms with Gasteiger partial charge in [-0.25, -0.2) is 9.18 Å². The molecule has 1 unspecified atom stereocenters. The zero-order valence-corrected chi connectivity index (χ0v) is 24.0. The molecular formula is C30H36F7N3O2. The van der Waals surface area contributed by atoms with Crippen molar-refractivity contribution in [3.05, 3.63) is 70.0 Å². The number of urea groups is 1. The number of nitrogens with one attached hydrogen (secondary N) is 1. The van der Waals surface area contributed by atoms with Gasteiger partial charge in [0.2, 0.25) is 5.91 Å². The van der Waals surface area contributed by atoms with E-state index in [9.17, 15) is 40.3 Å². The van der Waals surface area contributed by atoms with Crippen molar-refractivity contribution in [2.45, 2.75) is 77.3 Å². The maximum atomic E-state index is 13.9. The van der Waals surface area contributed by atoms with Crippen molar-refractivity contribution in [3.63, 3.8) is 0 Å². The van der Waals surface area contributed by atoms with Crippen LogP contribution in [0.1, 0.15) is 85.9 Å². The quantitative estimate of drug-likeness (QED) is 0.245. The van der Waals surface area contributed by atoms with Gasteiger partial charge in [-0.05, 0) is 92.5 Å². The summed E-state index contributed by atoms with van der Waals surface area (Å²) in [6.45, 7) is 5.67. The lowest BCUT2D eigenvalue weighted by molar-refractivity contribution is -0.143. The highest BCUT2D eigenvalue weighted by Gasteiger charge is 2.39. The molecule has 1 fully saturated rings. The zero-order chi connectivity index (χ0) is 31.4. The number of hydrogen-bond acceptors (Lipinski definition) is 2. The fourth-order valence-electron chi connectivity index (χ4n) is 5.39. The predicted octanol–water partition coefficient (Wildman–Crippen LogP) is 8.04. The maximum absolute atomic E-state index is 13.9. The number of carbonyl (C=O) groups excluding carboxylic acids is 2. The standard InChI is InChI=1S/C30H36F7N3O2/c1-5-27(41)38-11-6-7-20-10-12-40(26(14-20)25-9-8-24(31)13-18(25)2)28(42)39(4)19(3)21-15-22(29(32,33)34)17-23(16-21)30(35,36)37/h8-9,13,15-17,19-20,26H,5-7,10-12,14H2,1-4H3,(H,38,41)/t19-,20?,26-/m1/s1. The van der Waals surface area contributed by atoms with Gasteiger partial charge in [0.15, 0.2) is 0 Å². The highest BCUT2D eigenvalue weighted by Crippen LogP contribution is 2.41. The van der Waals surface area contributed by atoms with Crippen LogP contribution in [0.15, 0.2) is 36.4 Å².